The number of likely N-dealkylation sites (tertiary alicyclic amines) is 1. The fourth-order valence-corrected chi connectivity index (χ4v) is 9.21. The van der Waals surface area contributed by atoms with Gasteiger partial charge in [-0.05, 0) is 43.7 Å². The highest BCUT2D eigenvalue weighted by molar-refractivity contribution is 8.02. The van der Waals surface area contributed by atoms with Crippen LogP contribution >= 0.6 is 11.8 Å². The number of benzene rings is 1. The summed E-state index contributed by atoms with van der Waals surface area (Å²) < 4.78 is 6.54. The van der Waals surface area contributed by atoms with Gasteiger partial charge in [-0.1, -0.05) is 36.4 Å². The van der Waals surface area contributed by atoms with E-state index in [-0.39, 0.29) is 55.3 Å². The maximum atomic E-state index is 14.5. The molecule has 0 aliphatic carbocycles. The highest BCUT2D eigenvalue weighted by Crippen LogP contribution is 2.68. The topological polar surface area (TPSA) is 118 Å². The van der Waals surface area contributed by atoms with Gasteiger partial charge in [-0.3, -0.25) is 14.4 Å². The molecule has 10 nitrogen and oxygen atoms in total. The number of amides is 2. The average Bonchev–Trinajstić information content (AvgIpc) is 3.66. The number of β-amino-alcohol motifs (C(OH)–C–C–N with tert-alkyl or cyclic N) is 1. The standard InChI is InChI=1S/C29H37N5O5S/c1-4-6-7-10-16-39-28(38)23-22-17-19(3)29(40-22)24(23)26(36)33(14-15-35)25(29)27(37)32(13-5-2)18-34-21-12-9-8-11-20(21)30-31-34/h4-5,8-9,11-12,19,22-25,35H,1-2,6-7,10,13-18H2,3H3/t19?,22-,23+,24+,25?,29?/m1/s1. The number of unbranched alkanes of at least 4 members (excludes halogenated alkanes) is 2. The quantitative estimate of drug-likeness (QED) is 0.223. The zero-order valence-corrected chi connectivity index (χ0v) is 23.7. The van der Waals surface area contributed by atoms with Crippen molar-refractivity contribution in [1.82, 2.24) is 24.8 Å². The Hall–Kier alpha value is -3.18. The Morgan fingerprint density at radius 3 is 2.83 bits per heavy atom. The Morgan fingerprint density at radius 2 is 2.08 bits per heavy atom. The van der Waals surface area contributed by atoms with E-state index in [0.29, 0.717) is 6.61 Å². The smallest absolute Gasteiger partial charge is 0.310 e. The van der Waals surface area contributed by atoms with Crippen molar-refractivity contribution in [3.8, 4) is 0 Å². The van der Waals surface area contributed by atoms with Crippen LogP contribution in [0.1, 0.15) is 32.6 Å². The van der Waals surface area contributed by atoms with Gasteiger partial charge in [0.25, 0.3) is 0 Å². The molecule has 4 heterocycles. The van der Waals surface area contributed by atoms with E-state index in [2.05, 4.69) is 30.4 Å². The highest BCUT2D eigenvalue weighted by atomic mass is 32.2. The molecule has 3 saturated heterocycles. The first-order chi connectivity index (χ1) is 19.4. The predicted molar refractivity (Wildman–Crippen MR) is 152 cm³/mol. The van der Waals surface area contributed by atoms with Crippen LogP contribution in [0.4, 0.5) is 0 Å². The SMILES string of the molecule is C=CCCCCOC(=O)[C@@H]1[C@H]2C(=O)N(CCO)C(C(=O)N(CC=C)Cn3nnc4ccccc43)C23S[C@@H]1CC3C. The first-order valence-corrected chi connectivity index (χ1v) is 14.8. The van der Waals surface area contributed by atoms with E-state index >= 15 is 0 Å². The van der Waals surface area contributed by atoms with E-state index in [1.54, 1.807) is 27.4 Å². The van der Waals surface area contributed by atoms with Gasteiger partial charge < -0.3 is 19.6 Å². The molecule has 1 aromatic carbocycles. The molecule has 0 radical (unpaired) electrons. The number of aliphatic hydroxyl groups is 1. The summed E-state index contributed by atoms with van der Waals surface area (Å²) in [7, 11) is 0. The molecule has 0 saturated carbocycles. The average molecular weight is 568 g/mol. The minimum absolute atomic E-state index is 0.0168. The maximum absolute atomic E-state index is 14.5. The number of fused-ring (bicyclic) bond motifs is 2. The molecular weight excluding hydrogens is 530 g/mol. The van der Waals surface area contributed by atoms with Gasteiger partial charge in [-0.15, -0.1) is 30.0 Å². The second-order valence-electron chi connectivity index (χ2n) is 10.8. The number of aromatic nitrogens is 3. The van der Waals surface area contributed by atoms with Crippen molar-refractivity contribution in [2.24, 2.45) is 17.8 Å². The van der Waals surface area contributed by atoms with Crippen LogP contribution in [-0.4, -0.2) is 90.0 Å². The number of nitrogens with zero attached hydrogens (tertiary/aromatic N) is 5. The number of carbonyl (C=O) groups excluding carboxylic acids is 3. The van der Waals surface area contributed by atoms with Crippen molar-refractivity contribution in [3.63, 3.8) is 0 Å². The summed E-state index contributed by atoms with van der Waals surface area (Å²) in [5.41, 5.74) is 1.50. The van der Waals surface area contributed by atoms with E-state index in [4.69, 9.17) is 4.74 Å². The van der Waals surface area contributed by atoms with Gasteiger partial charge in [-0.25, -0.2) is 4.68 Å². The molecule has 2 amide bonds. The normalized spacial score (nSPS) is 28.6. The number of hydrogen-bond donors (Lipinski definition) is 1. The van der Waals surface area contributed by atoms with Gasteiger partial charge in [0.1, 0.15) is 18.2 Å². The molecule has 11 heteroatoms. The lowest BCUT2D eigenvalue weighted by molar-refractivity contribution is -0.154. The van der Waals surface area contributed by atoms with Crippen LogP contribution in [0.3, 0.4) is 0 Å². The van der Waals surface area contributed by atoms with E-state index in [0.717, 1.165) is 36.7 Å². The van der Waals surface area contributed by atoms with E-state index in [9.17, 15) is 19.5 Å². The predicted octanol–water partition coefficient (Wildman–Crippen LogP) is 2.63. The van der Waals surface area contributed by atoms with Gasteiger partial charge in [0, 0.05) is 18.3 Å². The van der Waals surface area contributed by atoms with Crippen LogP contribution in [0.25, 0.3) is 11.0 Å². The second-order valence-corrected chi connectivity index (χ2v) is 12.4. The molecule has 1 aromatic heterocycles. The lowest BCUT2D eigenvalue weighted by Crippen LogP contribution is -2.57. The third-order valence-electron chi connectivity index (χ3n) is 8.53. The van der Waals surface area contributed by atoms with Gasteiger partial charge in [-0.2, -0.15) is 0 Å². The molecule has 2 aromatic rings. The summed E-state index contributed by atoms with van der Waals surface area (Å²) in [4.78, 5) is 44.9. The fraction of sp³-hybridized carbons (Fsp3) is 0.552. The summed E-state index contributed by atoms with van der Waals surface area (Å²) in [6.07, 6.45) is 6.67. The molecule has 3 aliphatic rings. The van der Waals surface area contributed by atoms with E-state index in [1.165, 1.54) is 4.90 Å². The van der Waals surface area contributed by atoms with Gasteiger partial charge >= 0.3 is 5.97 Å². The summed E-state index contributed by atoms with van der Waals surface area (Å²) in [6.45, 7) is 10.0. The number of thioether (sulfide) groups is 1. The number of ether oxygens (including phenoxy) is 1. The molecule has 5 rings (SSSR count). The molecule has 2 bridgehead atoms. The van der Waals surface area contributed by atoms with Crippen LogP contribution < -0.4 is 0 Å². The van der Waals surface area contributed by atoms with Crippen molar-refractivity contribution in [2.45, 2.75) is 55.3 Å². The van der Waals surface area contributed by atoms with E-state index in [1.807, 2.05) is 30.3 Å². The molecule has 1 N–H and O–H groups in total. The number of carbonyl (C=O) groups is 3. The molecule has 3 unspecified atom stereocenters. The van der Waals surface area contributed by atoms with Crippen molar-refractivity contribution in [3.05, 3.63) is 49.6 Å². The van der Waals surface area contributed by atoms with Crippen LogP contribution in [-0.2, 0) is 25.8 Å². The monoisotopic (exact) mass is 567 g/mol. The Bertz CT molecular complexity index is 1300. The number of esters is 1. The number of rotatable bonds is 13. The maximum Gasteiger partial charge on any atom is 0.310 e. The summed E-state index contributed by atoms with van der Waals surface area (Å²) in [5.74, 6) is -2.14. The largest absolute Gasteiger partial charge is 0.465 e. The first kappa shape index (κ1) is 28.4. The molecule has 40 heavy (non-hydrogen) atoms. The Balaban J connectivity index is 1.45. The molecule has 3 fully saturated rings. The molecule has 3 aliphatic heterocycles. The number of aliphatic hydroxyl groups excluding tert-OH is 1. The van der Waals surface area contributed by atoms with Crippen molar-refractivity contribution < 1.29 is 24.2 Å². The first-order valence-electron chi connectivity index (χ1n) is 13.9. The third-order valence-corrected chi connectivity index (χ3v) is 10.6. The lowest BCUT2D eigenvalue weighted by Gasteiger charge is -2.40. The van der Waals surface area contributed by atoms with Crippen LogP contribution in [0, 0.1) is 17.8 Å². The Kier molecular flexibility index (Phi) is 8.32. The Labute approximate surface area is 238 Å². The highest BCUT2D eigenvalue weighted by Gasteiger charge is 2.76. The minimum Gasteiger partial charge on any atom is -0.465 e. The second kappa shape index (κ2) is 11.7. The van der Waals surface area contributed by atoms with Gasteiger partial charge in [0.05, 0.1) is 35.3 Å². The zero-order valence-electron chi connectivity index (χ0n) is 22.9. The summed E-state index contributed by atoms with van der Waals surface area (Å²) >= 11 is 1.59. The third kappa shape index (κ3) is 4.62. The van der Waals surface area contributed by atoms with Crippen molar-refractivity contribution in [1.29, 1.82) is 0 Å². The fourth-order valence-electron chi connectivity index (χ4n) is 6.80. The van der Waals surface area contributed by atoms with Gasteiger partial charge in [0.15, 0.2) is 0 Å². The molecule has 6 atom stereocenters. The molecular formula is C29H37N5O5S. The number of allylic oxidation sites excluding steroid dienone is 1. The number of hydrogen-bond acceptors (Lipinski definition) is 8. The van der Waals surface area contributed by atoms with Gasteiger partial charge in [0.2, 0.25) is 11.8 Å². The minimum atomic E-state index is -0.831. The number of para-hydroxylation sites is 1. The summed E-state index contributed by atoms with van der Waals surface area (Å²) in [6, 6.07) is 6.68. The summed E-state index contributed by atoms with van der Waals surface area (Å²) in [5, 5.41) is 18.3. The van der Waals surface area contributed by atoms with Crippen LogP contribution in [0.5, 0.6) is 0 Å². The lowest BCUT2D eigenvalue weighted by atomic mass is 9.66. The van der Waals surface area contributed by atoms with Crippen molar-refractivity contribution in [2.75, 3.05) is 26.3 Å². The van der Waals surface area contributed by atoms with Crippen LogP contribution in [0.15, 0.2) is 49.6 Å². The molecule has 1 spiro atoms. The zero-order chi connectivity index (χ0) is 28.4. The van der Waals surface area contributed by atoms with Crippen LogP contribution in [0.2, 0.25) is 0 Å². The Morgan fingerprint density at radius 1 is 1.27 bits per heavy atom. The van der Waals surface area contributed by atoms with E-state index < -0.39 is 22.6 Å². The van der Waals surface area contributed by atoms with Crippen molar-refractivity contribution >= 4 is 40.6 Å². The molecule has 214 valence electrons.